The molecule has 4 N–H and O–H groups in total. The Morgan fingerprint density at radius 3 is 2.52 bits per heavy atom. The van der Waals surface area contributed by atoms with E-state index in [4.69, 9.17) is 10.5 Å². The first-order valence-corrected chi connectivity index (χ1v) is 7.85. The van der Waals surface area contributed by atoms with Crippen molar-refractivity contribution in [2.75, 3.05) is 19.7 Å². The third-order valence-corrected chi connectivity index (χ3v) is 5.49. The first-order valence-electron chi connectivity index (χ1n) is 7.85. The van der Waals surface area contributed by atoms with Gasteiger partial charge in [-0.15, -0.1) is 0 Å². The van der Waals surface area contributed by atoms with E-state index in [1.54, 1.807) is 0 Å². The highest BCUT2D eigenvalue weighted by Crippen LogP contribution is 2.58. The maximum Gasteiger partial charge on any atom is 0.241 e. The summed E-state index contributed by atoms with van der Waals surface area (Å²) in [6, 6.07) is 0. The Morgan fingerprint density at radius 2 is 1.86 bits per heavy atom. The van der Waals surface area contributed by atoms with Crippen molar-refractivity contribution < 1.29 is 14.3 Å². The van der Waals surface area contributed by atoms with Gasteiger partial charge in [0, 0.05) is 36.9 Å². The number of carbonyl (C=O) groups is 2. The topological polar surface area (TPSA) is 93.4 Å². The van der Waals surface area contributed by atoms with Gasteiger partial charge in [0.2, 0.25) is 11.8 Å². The van der Waals surface area contributed by atoms with Gasteiger partial charge in [-0.3, -0.25) is 9.59 Å². The van der Waals surface area contributed by atoms with Gasteiger partial charge in [0.15, 0.2) is 0 Å². The van der Waals surface area contributed by atoms with Gasteiger partial charge in [-0.2, -0.15) is 0 Å². The normalized spacial score (nSPS) is 36.5. The van der Waals surface area contributed by atoms with Gasteiger partial charge in [-0.1, -0.05) is 13.8 Å². The molecule has 3 rings (SSSR count). The van der Waals surface area contributed by atoms with Crippen molar-refractivity contribution in [1.29, 1.82) is 0 Å². The summed E-state index contributed by atoms with van der Waals surface area (Å²) < 4.78 is 5.69. The number of amides is 2. The third kappa shape index (κ3) is 2.16. The zero-order chi connectivity index (χ0) is 15.3. The molecule has 3 aliphatic rings. The summed E-state index contributed by atoms with van der Waals surface area (Å²) in [6.07, 6.45) is 2.90. The lowest BCUT2D eigenvalue weighted by Crippen LogP contribution is -2.80. The summed E-state index contributed by atoms with van der Waals surface area (Å²) in [4.78, 5) is 24.0. The number of rotatable bonds is 5. The zero-order valence-corrected chi connectivity index (χ0v) is 12.8. The monoisotopic (exact) mass is 295 g/mol. The average molecular weight is 295 g/mol. The Kier molecular flexibility index (Phi) is 3.48. The van der Waals surface area contributed by atoms with Crippen molar-refractivity contribution in [2.24, 2.45) is 23.0 Å². The van der Waals surface area contributed by atoms with Crippen LogP contribution in [-0.4, -0.2) is 43.2 Å². The Balaban J connectivity index is 1.49. The Morgan fingerprint density at radius 1 is 1.19 bits per heavy atom. The largest absolute Gasteiger partial charge is 0.377 e. The molecule has 1 heterocycles. The highest BCUT2D eigenvalue weighted by atomic mass is 16.5. The van der Waals surface area contributed by atoms with Gasteiger partial charge in [0.25, 0.3) is 0 Å². The van der Waals surface area contributed by atoms with Crippen LogP contribution in [0.3, 0.4) is 0 Å². The van der Waals surface area contributed by atoms with Crippen LogP contribution < -0.4 is 16.4 Å². The lowest BCUT2D eigenvalue weighted by molar-refractivity contribution is -0.175. The molecule has 6 heteroatoms. The first-order chi connectivity index (χ1) is 9.89. The predicted octanol–water partition coefficient (Wildman–Crippen LogP) is -0.229. The van der Waals surface area contributed by atoms with E-state index in [1.807, 2.05) is 13.8 Å². The molecule has 6 nitrogen and oxygen atoms in total. The maximum atomic E-state index is 12.5. The van der Waals surface area contributed by atoms with E-state index < -0.39 is 5.54 Å². The number of ether oxygens (including phenoxy) is 1. The molecule has 1 saturated heterocycles. The van der Waals surface area contributed by atoms with Gasteiger partial charge in [0.1, 0.15) is 5.54 Å². The van der Waals surface area contributed by atoms with Gasteiger partial charge in [-0.25, -0.2) is 0 Å². The van der Waals surface area contributed by atoms with Crippen LogP contribution in [0.25, 0.3) is 0 Å². The van der Waals surface area contributed by atoms with E-state index in [2.05, 4.69) is 10.6 Å². The van der Waals surface area contributed by atoms with Gasteiger partial charge in [0.05, 0.1) is 6.10 Å². The Bertz CT molecular complexity index is 461. The molecule has 2 aliphatic carbocycles. The van der Waals surface area contributed by atoms with Crippen molar-refractivity contribution in [3.8, 4) is 0 Å². The second kappa shape index (κ2) is 4.95. The molecule has 3 fully saturated rings. The number of fused-ring (bicyclic) bond motifs is 1. The zero-order valence-electron chi connectivity index (χ0n) is 12.8. The highest BCUT2D eigenvalue weighted by Gasteiger charge is 2.71. The molecule has 3 unspecified atom stereocenters. The molecular formula is C15H25N3O3. The van der Waals surface area contributed by atoms with Crippen LogP contribution in [0.4, 0.5) is 0 Å². The molecule has 0 radical (unpaired) electrons. The Labute approximate surface area is 125 Å². The third-order valence-electron chi connectivity index (χ3n) is 5.49. The molecule has 0 bridgehead atoms. The maximum absolute atomic E-state index is 12.5. The van der Waals surface area contributed by atoms with Crippen molar-refractivity contribution >= 4 is 11.8 Å². The molecule has 21 heavy (non-hydrogen) atoms. The molecule has 0 spiro atoms. The van der Waals surface area contributed by atoms with Crippen molar-refractivity contribution in [1.82, 2.24) is 10.6 Å². The van der Waals surface area contributed by atoms with E-state index in [-0.39, 0.29) is 35.2 Å². The summed E-state index contributed by atoms with van der Waals surface area (Å²) in [6.45, 7) is 5.55. The number of carbonyl (C=O) groups excluding carboxylic acids is 2. The first kappa shape index (κ1) is 14.8. The van der Waals surface area contributed by atoms with E-state index >= 15 is 0 Å². The van der Waals surface area contributed by atoms with E-state index in [0.717, 1.165) is 19.3 Å². The lowest BCUT2D eigenvalue weighted by Gasteiger charge is -2.60. The number of hydrogen-bond acceptors (Lipinski definition) is 4. The average Bonchev–Trinajstić information content (AvgIpc) is 3.19. The Hall–Kier alpha value is -1.14. The molecule has 0 aromatic carbocycles. The quantitative estimate of drug-likeness (QED) is 0.611. The number of nitrogens with one attached hydrogen (secondary N) is 2. The van der Waals surface area contributed by atoms with Gasteiger partial charge < -0.3 is 21.1 Å². The van der Waals surface area contributed by atoms with E-state index in [9.17, 15) is 9.59 Å². The number of nitrogens with two attached hydrogens (primary N) is 1. The summed E-state index contributed by atoms with van der Waals surface area (Å²) in [5.74, 6) is 0.275. The number of hydrogen-bond donors (Lipinski definition) is 3. The fourth-order valence-electron chi connectivity index (χ4n) is 3.84. The fraction of sp³-hybridized carbons (Fsp3) is 0.867. The minimum atomic E-state index is -0.866. The van der Waals surface area contributed by atoms with Crippen LogP contribution in [0.2, 0.25) is 0 Å². The van der Waals surface area contributed by atoms with E-state index in [1.165, 1.54) is 0 Å². The van der Waals surface area contributed by atoms with Crippen LogP contribution in [-0.2, 0) is 14.3 Å². The smallest absolute Gasteiger partial charge is 0.241 e. The molecule has 2 amide bonds. The molecule has 3 atom stereocenters. The standard InChI is InChI=1S/C15H25N3O3/c1-14(2)11-10(5-8-21-11)15(14,16)13(20)18-7-6-17-12(19)9-3-4-9/h9-11H,3-8,16H2,1-2H3,(H,17,19)(H,18,20). The second-order valence-electron chi connectivity index (χ2n) is 7.10. The SMILES string of the molecule is CC1(C)C2OCCC2C1(N)C(=O)NCCNC(=O)C1CC1. The molecule has 1 aliphatic heterocycles. The van der Waals surface area contributed by atoms with Crippen molar-refractivity contribution in [3.05, 3.63) is 0 Å². The molecular weight excluding hydrogens is 270 g/mol. The molecule has 0 aromatic heterocycles. The van der Waals surface area contributed by atoms with Gasteiger partial charge in [-0.05, 0) is 19.3 Å². The molecule has 0 aromatic rings. The second-order valence-corrected chi connectivity index (χ2v) is 7.10. The minimum Gasteiger partial charge on any atom is -0.377 e. The fourth-order valence-corrected chi connectivity index (χ4v) is 3.84. The predicted molar refractivity (Wildman–Crippen MR) is 77.3 cm³/mol. The van der Waals surface area contributed by atoms with Crippen LogP contribution >= 0.6 is 0 Å². The van der Waals surface area contributed by atoms with Crippen LogP contribution in [0.5, 0.6) is 0 Å². The lowest BCUT2D eigenvalue weighted by atomic mass is 9.48. The summed E-state index contributed by atoms with van der Waals surface area (Å²) in [5, 5.41) is 5.71. The van der Waals surface area contributed by atoms with Gasteiger partial charge >= 0.3 is 0 Å². The van der Waals surface area contributed by atoms with Crippen molar-refractivity contribution in [3.63, 3.8) is 0 Å². The molecule has 118 valence electrons. The highest BCUT2D eigenvalue weighted by molar-refractivity contribution is 5.89. The van der Waals surface area contributed by atoms with Crippen LogP contribution in [0.1, 0.15) is 33.1 Å². The van der Waals surface area contributed by atoms with E-state index in [0.29, 0.717) is 19.7 Å². The minimum absolute atomic E-state index is 0.0859. The molecule has 2 saturated carbocycles. The summed E-state index contributed by atoms with van der Waals surface area (Å²) in [7, 11) is 0. The van der Waals surface area contributed by atoms with Crippen molar-refractivity contribution in [2.45, 2.75) is 44.8 Å². The summed E-state index contributed by atoms with van der Waals surface area (Å²) >= 11 is 0. The summed E-state index contributed by atoms with van der Waals surface area (Å²) in [5.41, 5.74) is 5.21. The van der Waals surface area contributed by atoms with Crippen LogP contribution in [0.15, 0.2) is 0 Å². The van der Waals surface area contributed by atoms with Crippen LogP contribution in [0, 0.1) is 17.3 Å².